The molecule has 0 aliphatic heterocycles. The van der Waals surface area contributed by atoms with Gasteiger partial charge in [-0.2, -0.15) is 0 Å². The Bertz CT molecular complexity index is 711. The highest BCUT2D eigenvalue weighted by Gasteiger charge is 2.15. The zero-order valence-electron chi connectivity index (χ0n) is 12.8. The molecule has 0 heterocycles. The number of rotatable bonds is 5. The van der Waals surface area contributed by atoms with Gasteiger partial charge in [0.1, 0.15) is 21.7 Å². The van der Waals surface area contributed by atoms with Gasteiger partial charge in [0.05, 0.1) is 26.4 Å². The molecule has 0 saturated heterocycles. The Morgan fingerprint density at radius 3 is 2.04 bits per heavy atom. The van der Waals surface area contributed by atoms with Crippen molar-refractivity contribution in [1.29, 1.82) is 0 Å². The second-order valence-corrected chi connectivity index (χ2v) is 5.70. The van der Waals surface area contributed by atoms with E-state index in [4.69, 9.17) is 25.8 Å². The van der Waals surface area contributed by atoms with Crippen molar-refractivity contribution in [3.63, 3.8) is 0 Å². The minimum absolute atomic E-state index is 0.310. The summed E-state index contributed by atoms with van der Waals surface area (Å²) in [7, 11) is 4.56. The highest BCUT2D eigenvalue weighted by Crippen LogP contribution is 2.36. The molecule has 0 saturated carbocycles. The molecular weight excluding hydrogens is 386 g/mol. The van der Waals surface area contributed by atoms with Crippen molar-refractivity contribution in [3.8, 4) is 17.2 Å². The van der Waals surface area contributed by atoms with Crippen LogP contribution in [-0.2, 0) is 0 Å². The van der Waals surface area contributed by atoms with E-state index < -0.39 is 0 Å². The maximum Gasteiger partial charge on any atom is 0.255 e. The topological polar surface area (TPSA) is 56.8 Å². The van der Waals surface area contributed by atoms with Crippen LogP contribution in [0.5, 0.6) is 17.2 Å². The standard InChI is InChI=1S/C16H15BrClNO4/c1-21-12-5-4-10(8-11(12)18)19-16(20)9-6-13(22-2)15(17)14(7-9)23-3/h4-8H,1-3H3,(H,19,20). The first-order valence-electron chi connectivity index (χ1n) is 6.56. The van der Waals surface area contributed by atoms with Crippen LogP contribution in [0.4, 0.5) is 5.69 Å². The molecule has 5 nitrogen and oxygen atoms in total. The fraction of sp³-hybridized carbons (Fsp3) is 0.188. The van der Waals surface area contributed by atoms with Crippen LogP contribution in [0.25, 0.3) is 0 Å². The van der Waals surface area contributed by atoms with Crippen molar-refractivity contribution in [2.45, 2.75) is 0 Å². The number of carbonyl (C=O) groups is 1. The number of hydrogen-bond donors (Lipinski definition) is 1. The van der Waals surface area contributed by atoms with Crippen LogP contribution in [0.2, 0.25) is 5.02 Å². The lowest BCUT2D eigenvalue weighted by Crippen LogP contribution is -2.12. The van der Waals surface area contributed by atoms with E-state index in [1.54, 1.807) is 30.3 Å². The molecule has 1 N–H and O–H groups in total. The number of benzene rings is 2. The Morgan fingerprint density at radius 1 is 1.00 bits per heavy atom. The number of anilines is 1. The van der Waals surface area contributed by atoms with Crippen molar-refractivity contribution in [2.24, 2.45) is 0 Å². The van der Waals surface area contributed by atoms with E-state index in [1.807, 2.05) is 0 Å². The first-order chi connectivity index (χ1) is 11.0. The Hall–Kier alpha value is -1.92. The van der Waals surface area contributed by atoms with E-state index in [1.165, 1.54) is 21.3 Å². The van der Waals surface area contributed by atoms with Crippen molar-refractivity contribution in [1.82, 2.24) is 0 Å². The smallest absolute Gasteiger partial charge is 0.255 e. The molecule has 2 aromatic carbocycles. The number of amides is 1. The molecular formula is C16H15BrClNO4. The number of hydrogen-bond acceptors (Lipinski definition) is 4. The van der Waals surface area contributed by atoms with Crippen LogP contribution in [0, 0.1) is 0 Å². The lowest BCUT2D eigenvalue weighted by atomic mass is 10.1. The van der Waals surface area contributed by atoms with Gasteiger partial charge in [-0.15, -0.1) is 0 Å². The third-order valence-electron chi connectivity index (χ3n) is 3.12. The highest BCUT2D eigenvalue weighted by atomic mass is 79.9. The monoisotopic (exact) mass is 399 g/mol. The molecule has 2 rings (SSSR count). The van der Waals surface area contributed by atoms with Gasteiger partial charge in [-0.05, 0) is 46.3 Å². The first-order valence-corrected chi connectivity index (χ1v) is 7.73. The van der Waals surface area contributed by atoms with Crippen LogP contribution >= 0.6 is 27.5 Å². The van der Waals surface area contributed by atoms with Crippen LogP contribution in [0.1, 0.15) is 10.4 Å². The molecule has 7 heteroatoms. The highest BCUT2D eigenvalue weighted by molar-refractivity contribution is 9.10. The normalized spacial score (nSPS) is 10.1. The molecule has 0 spiro atoms. The Kier molecular flexibility index (Phi) is 5.74. The van der Waals surface area contributed by atoms with Crippen LogP contribution < -0.4 is 19.5 Å². The number of ether oxygens (including phenoxy) is 3. The Balaban J connectivity index is 2.28. The minimum Gasteiger partial charge on any atom is -0.495 e. The Morgan fingerprint density at radius 2 is 1.57 bits per heavy atom. The number of nitrogens with one attached hydrogen (secondary N) is 1. The summed E-state index contributed by atoms with van der Waals surface area (Å²) in [6, 6.07) is 8.24. The fourth-order valence-corrected chi connectivity index (χ4v) is 2.76. The molecule has 0 radical (unpaired) electrons. The largest absolute Gasteiger partial charge is 0.495 e. The molecule has 23 heavy (non-hydrogen) atoms. The average molecular weight is 401 g/mol. The zero-order valence-corrected chi connectivity index (χ0v) is 15.1. The fourth-order valence-electron chi connectivity index (χ4n) is 1.95. The van der Waals surface area contributed by atoms with Gasteiger partial charge in [-0.1, -0.05) is 11.6 Å². The maximum atomic E-state index is 12.4. The summed E-state index contributed by atoms with van der Waals surface area (Å²) in [4.78, 5) is 12.4. The summed E-state index contributed by atoms with van der Waals surface area (Å²) in [5, 5.41) is 3.18. The molecule has 0 aliphatic carbocycles. The summed E-state index contributed by atoms with van der Waals surface area (Å²) in [6.45, 7) is 0. The molecule has 0 unspecified atom stereocenters. The van der Waals surface area contributed by atoms with Gasteiger partial charge in [0.15, 0.2) is 0 Å². The zero-order chi connectivity index (χ0) is 17.0. The van der Waals surface area contributed by atoms with Gasteiger partial charge in [0, 0.05) is 11.3 Å². The van der Waals surface area contributed by atoms with E-state index in [2.05, 4.69) is 21.2 Å². The van der Waals surface area contributed by atoms with E-state index >= 15 is 0 Å². The second kappa shape index (κ2) is 7.57. The number of halogens is 2. The summed E-state index contributed by atoms with van der Waals surface area (Å²) in [6.07, 6.45) is 0. The van der Waals surface area contributed by atoms with Crippen LogP contribution in [0.3, 0.4) is 0 Å². The van der Waals surface area contributed by atoms with Gasteiger partial charge >= 0.3 is 0 Å². The van der Waals surface area contributed by atoms with Crippen LogP contribution in [-0.4, -0.2) is 27.2 Å². The van der Waals surface area contributed by atoms with E-state index in [9.17, 15) is 4.79 Å². The molecule has 122 valence electrons. The molecule has 0 aliphatic rings. The van der Waals surface area contributed by atoms with Crippen molar-refractivity contribution in [2.75, 3.05) is 26.6 Å². The summed E-state index contributed by atoms with van der Waals surface area (Å²) >= 11 is 9.42. The average Bonchev–Trinajstić information content (AvgIpc) is 2.55. The summed E-state index contributed by atoms with van der Waals surface area (Å²) in [5.74, 6) is 1.23. The predicted molar refractivity (Wildman–Crippen MR) is 93.2 cm³/mol. The molecule has 0 bridgehead atoms. The minimum atomic E-state index is -0.310. The Labute approximate surface area is 147 Å². The second-order valence-electron chi connectivity index (χ2n) is 4.50. The quantitative estimate of drug-likeness (QED) is 0.809. The SMILES string of the molecule is COc1ccc(NC(=O)c2cc(OC)c(Br)c(OC)c2)cc1Cl. The molecule has 0 fully saturated rings. The van der Waals surface area contributed by atoms with Crippen molar-refractivity contribution < 1.29 is 19.0 Å². The molecule has 0 atom stereocenters. The van der Waals surface area contributed by atoms with Gasteiger partial charge in [0.2, 0.25) is 0 Å². The third-order valence-corrected chi connectivity index (χ3v) is 4.19. The lowest BCUT2D eigenvalue weighted by Gasteiger charge is -2.12. The first kappa shape index (κ1) is 17.4. The number of carbonyl (C=O) groups excluding carboxylic acids is 1. The number of methoxy groups -OCH3 is 3. The van der Waals surface area contributed by atoms with Crippen LogP contribution in [0.15, 0.2) is 34.8 Å². The predicted octanol–water partition coefficient (Wildman–Crippen LogP) is 4.38. The summed E-state index contributed by atoms with van der Waals surface area (Å²) < 4.78 is 16.2. The molecule has 2 aromatic rings. The maximum absolute atomic E-state index is 12.4. The van der Waals surface area contributed by atoms with Gasteiger partial charge in [-0.25, -0.2) is 0 Å². The van der Waals surface area contributed by atoms with Gasteiger partial charge in [0.25, 0.3) is 5.91 Å². The van der Waals surface area contributed by atoms with Crippen molar-refractivity contribution in [3.05, 3.63) is 45.4 Å². The van der Waals surface area contributed by atoms with Gasteiger partial charge < -0.3 is 19.5 Å². The molecule has 1 amide bonds. The van der Waals surface area contributed by atoms with E-state index in [-0.39, 0.29) is 5.91 Å². The van der Waals surface area contributed by atoms with E-state index in [0.29, 0.717) is 38.0 Å². The molecule has 0 aromatic heterocycles. The van der Waals surface area contributed by atoms with Gasteiger partial charge in [-0.3, -0.25) is 4.79 Å². The summed E-state index contributed by atoms with van der Waals surface area (Å²) in [5.41, 5.74) is 0.954. The van der Waals surface area contributed by atoms with Crippen molar-refractivity contribution >= 4 is 39.1 Å². The van der Waals surface area contributed by atoms with E-state index in [0.717, 1.165) is 0 Å². The lowest BCUT2D eigenvalue weighted by molar-refractivity contribution is 0.102. The third kappa shape index (κ3) is 3.89.